The summed E-state index contributed by atoms with van der Waals surface area (Å²) in [6, 6.07) is 7.74. The average Bonchev–Trinajstić information content (AvgIpc) is 2.43. The van der Waals surface area contributed by atoms with Crippen molar-refractivity contribution in [1.29, 1.82) is 0 Å². The van der Waals surface area contributed by atoms with Crippen LogP contribution in [0.15, 0.2) is 24.3 Å². The van der Waals surface area contributed by atoms with Crippen molar-refractivity contribution in [3.8, 4) is 17.1 Å². The van der Waals surface area contributed by atoms with Gasteiger partial charge in [-0.25, -0.2) is 9.97 Å². The molecule has 0 atom stereocenters. The maximum absolute atomic E-state index is 6.18. The van der Waals surface area contributed by atoms with Crippen molar-refractivity contribution in [3.05, 3.63) is 38.7 Å². The van der Waals surface area contributed by atoms with Gasteiger partial charge in [0.05, 0.1) is 21.4 Å². The number of ether oxygens (including phenoxy) is 1. The maximum atomic E-state index is 6.18. The number of aromatic nitrogens is 2. The minimum absolute atomic E-state index is 0.494. The molecule has 2 rings (SSSR count). The van der Waals surface area contributed by atoms with E-state index in [9.17, 15) is 0 Å². The number of nitrogens with zero attached hydrogens (tertiary/aromatic N) is 2. The van der Waals surface area contributed by atoms with E-state index in [0.717, 1.165) is 27.0 Å². The van der Waals surface area contributed by atoms with Crippen LogP contribution >= 0.6 is 34.2 Å². The standard InChI is InChI=1S/C14H14ClIN2O/c1-3-10-12(16)13(15)18-14(17-10)9-7-5-6-8-11(9)19-4-2/h5-8H,3-4H2,1-2H3. The van der Waals surface area contributed by atoms with Gasteiger partial charge < -0.3 is 4.74 Å². The summed E-state index contributed by atoms with van der Waals surface area (Å²) in [7, 11) is 0. The van der Waals surface area contributed by atoms with Crippen LogP contribution in [0, 0.1) is 3.57 Å². The molecule has 0 spiro atoms. The number of para-hydroxylation sites is 1. The van der Waals surface area contributed by atoms with E-state index in [1.54, 1.807) is 0 Å². The van der Waals surface area contributed by atoms with E-state index in [4.69, 9.17) is 16.3 Å². The highest BCUT2D eigenvalue weighted by Crippen LogP contribution is 2.30. The van der Waals surface area contributed by atoms with E-state index in [1.807, 2.05) is 31.2 Å². The second-order valence-corrected chi connectivity index (χ2v) is 5.32. The third-order valence-electron chi connectivity index (χ3n) is 2.64. The lowest BCUT2D eigenvalue weighted by Crippen LogP contribution is -2.01. The topological polar surface area (TPSA) is 35.0 Å². The molecule has 0 unspecified atom stereocenters. The van der Waals surface area contributed by atoms with Crippen LogP contribution in [0.25, 0.3) is 11.4 Å². The predicted molar refractivity (Wildman–Crippen MR) is 85.7 cm³/mol. The molecule has 0 fully saturated rings. The molecule has 1 aromatic carbocycles. The van der Waals surface area contributed by atoms with E-state index in [1.165, 1.54) is 0 Å². The molecule has 0 aliphatic rings. The summed E-state index contributed by atoms with van der Waals surface area (Å²) in [4.78, 5) is 8.94. The van der Waals surface area contributed by atoms with Crippen LogP contribution in [0.2, 0.25) is 5.15 Å². The van der Waals surface area contributed by atoms with Crippen molar-refractivity contribution >= 4 is 34.2 Å². The quantitative estimate of drug-likeness (QED) is 0.576. The fourth-order valence-electron chi connectivity index (χ4n) is 1.75. The number of benzene rings is 1. The zero-order chi connectivity index (χ0) is 13.8. The summed E-state index contributed by atoms with van der Waals surface area (Å²) in [5, 5.41) is 0.494. The smallest absolute Gasteiger partial charge is 0.164 e. The molecule has 0 aliphatic carbocycles. The van der Waals surface area contributed by atoms with Gasteiger partial charge >= 0.3 is 0 Å². The monoisotopic (exact) mass is 388 g/mol. The first-order chi connectivity index (χ1) is 9.17. The van der Waals surface area contributed by atoms with Crippen molar-refractivity contribution < 1.29 is 4.74 Å². The van der Waals surface area contributed by atoms with Crippen molar-refractivity contribution in [2.75, 3.05) is 6.61 Å². The van der Waals surface area contributed by atoms with Gasteiger partial charge in [-0.3, -0.25) is 0 Å². The minimum Gasteiger partial charge on any atom is -0.493 e. The lowest BCUT2D eigenvalue weighted by molar-refractivity contribution is 0.341. The largest absolute Gasteiger partial charge is 0.493 e. The number of halogens is 2. The molecular weight excluding hydrogens is 375 g/mol. The molecule has 0 radical (unpaired) electrons. The van der Waals surface area contributed by atoms with Gasteiger partial charge in [-0.2, -0.15) is 0 Å². The SMILES string of the molecule is CCOc1ccccc1-c1nc(Cl)c(I)c(CC)n1. The van der Waals surface area contributed by atoms with Crippen LogP contribution < -0.4 is 4.74 Å². The Balaban J connectivity index is 2.56. The molecule has 100 valence electrons. The van der Waals surface area contributed by atoms with Crippen molar-refractivity contribution in [2.24, 2.45) is 0 Å². The van der Waals surface area contributed by atoms with Crippen LogP contribution in [0.3, 0.4) is 0 Å². The molecular formula is C14H14ClIN2O. The molecule has 0 amide bonds. The zero-order valence-corrected chi connectivity index (χ0v) is 13.7. The normalized spacial score (nSPS) is 10.5. The molecule has 0 saturated carbocycles. The molecule has 1 heterocycles. The first-order valence-corrected chi connectivity index (χ1v) is 7.57. The molecule has 0 N–H and O–H groups in total. The third-order valence-corrected chi connectivity index (χ3v) is 4.37. The van der Waals surface area contributed by atoms with Gasteiger partial charge in [0.2, 0.25) is 0 Å². The summed E-state index contributed by atoms with van der Waals surface area (Å²) in [5.41, 5.74) is 1.83. The summed E-state index contributed by atoms with van der Waals surface area (Å²) in [6.45, 7) is 4.62. The van der Waals surface area contributed by atoms with Crippen LogP contribution in [0.5, 0.6) is 5.75 Å². The van der Waals surface area contributed by atoms with Crippen LogP contribution in [0.4, 0.5) is 0 Å². The highest BCUT2D eigenvalue weighted by Gasteiger charge is 2.13. The fraction of sp³-hybridized carbons (Fsp3) is 0.286. The van der Waals surface area contributed by atoms with Crippen molar-refractivity contribution in [1.82, 2.24) is 9.97 Å². The van der Waals surface area contributed by atoms with Crippen molar-refractivity contribution in [2.45, 2.75) is 20.3 Å². The number of hydrogen-bond acceptors (Lipinski definition) is 3. The third kappa shape index (κ3) is 3.17. The molecule has 19 heavy (non-hydrogen) atoms. The zero-order valence-electron chi connectivity index (χ0n) is 10.8. The lowest BCUT2D eigenvalue weighted by atomic mass is 10.2. The van der Waals surface area contributed by atoms with Gasteiger partial charge in [0.1, 0.15) is 10.9 Å². The summed E-state index contributed by atoms with van der Waals surface area (Å²) < 4.78 is 6.53. The second kappa shape index (κ2) is 6.52. The Morgan fingerprint density at radius 1 is 1.21 bits per heavy atom. The highest BCUT2D eigenvalue weighted by atomic mass is 127. The van der Waals surface area contributed by atoms with Gasteiger partial charge in [-0.1, -0.05) is 30.7 Å². The average molecular weight is 389 g/mol. The molecule has 2 aromatic rings. The first-order valence-electron chi connectivity index (χ1n) is 6.11. The van der Waals surface area contributed by atoms with Crippen molar-refractivity contribution in [3.63, 3.8) is 0 Å². The Morgan fingerprint density at radius 2 is 1.95 bits per heavy atom. The summed E-state index contributed by atoms with van der Waals surface area (Å²) in [6.07, 6.45) is 0.824. The molecule has 5 heteroatoms. The first kappa shape index (κ1) is 14.5. The molecule has 0 bridgehead atoms. The molecule has 3 nitrogen and oxygen atoms in total. The second-order valence-electron chi connectivity index (χ2n) is 3.88. The van der Waals surface area contributed by atoms with Crippen LogP contribution in [-0.4, -0.2) is 16.6 Å². The minimum atomic E-state index is 0.494. The van der Waals surface area contributed by atoms with E-state index in [2.05, 4.69) is 39.5 Å². The predicted octanol–water partition coefficient (Wildman–Crippen LogP) is 4.36. The summed E-state index contributed by atoms with van der Waals surface area (Å²) >= 11 is 8.36. The molecule has 1 aromatic heterocycles. The molecule has 0 saturated heterocycles. The Hall–Kier alpha value is -0.880. The number of rotatable bonds is 4. The van der Waals surface area contributed by atoms with Crippen LogP contribution in [0.1, 0.15) is 19.5 Å². The van der Waals surface area contributed by atoms with E-state index < -0.39 is 0 Å². The van der Waals surface area contributed by atoms with Crippen LogP contribution in [-0.2, 0) is 6.42 Å². The Bertz CT molecular complexity index is 590. The van der Waals surface area contributed by atoms with Gasteiger partial charge in [0.25, 0.3) is 0 Å². The van der Waals surface area contributed by atoms with E-state index in [0.29, 0.717) is 17.6 Å². The lowest BCUT2D eigenvalue weighted by Gasteiger charge is -2.11. The van der Waals surface area contributed by atoms with Gasteiger partial charge in [0, 0.05) is 0 Å². The van der Waals surface area contributed by atoms with Gasteiger partial charge in [0.15, 0.2) is 5.82 Å². The Labute approximate surface area is 131 Å². The fourth-order valence-corrected chi connectivity index (χ4v) is 2.56. The maximum Gasteiger partial charge on any atom is 0.164 e. The number of aryl methyl sites for hydroxylation is 1. The number of hydrogen-bond donors (Lipinski definition) is 0. The van der Waals surface area contributed by atoms with Gasteiger partial charge in [-0.15, -0.1) is 0 Å². The van der Waals surface area contributed by atoms with E-state index in [-0.39, 0.29) is 0 Å². The molecule has 0 aliphatic heterocycles. The summed E-state index contributed by atoms with van der Waals surface area (Å²) in [5.74, 6) is 1.40. The Kier molecular flexibility index (Phi) is 4.99. The Morgan fingerprint density at radius 3 is 2.63 bits per heavy atom. The highest BCUT2D eigenvalue weighted by molar-refractivity contribution is 14.1. The van der Waals surface area contributed by atoms with E-state index >= 15 is 0 Å². The van der Waals surface area contributed by atoms with Gasteiger partial charge in [-0.05, 0) is 48.1 Å².